The first-order valence-electron chi connectivity index (χ1n) is 7.07. The van der Waals surface area contributed by atoms with E-state index in [0.717, 1.165) is 44.7 Å². The summed E-state index contributed by atoms with van der Waals surface area (Å²) in [7, 11) is 1.99. The predicted octanol–water partition coefficient (Wildman–Crippen LogP) is 1.13. The number of hydrogen-bond acceptors (Lipinski definition) is 2. The van der Waals surface area contributed by atoms with E-state index in [4.69, 9.17) is 0 Å². The van der Waals surface area contributed by atoms with Crippen LogP contribution in [0.15, 0.2) is 17.6 Å². The van der Waals surface area contributed by atoms with Crippen LogP contribution in [0.4, 0.5) is 0 Å². The maximum absolute atomic E-state index is 11.6. The van der Waals surface area contributed by atoms with Crippen molar-refractivity contribution in [3.8, 4) is 0 Å². The summed E-state index contributed by atoms with van der Waals surface area (Å²) in [4.78, 5) is 18.0. The van der Waals surface area contributed by atoms with Gasteiger partial charge in [0.15, 0.2) is 5.96 Å². The Morgan fingerprint density at radius 3 is 2.84 bits per heavy atom. The van der Waals surface area contributed by atoms with Gasteiger partial charge in [0, 0.05) is 26.2 Å². The lowest BCUT2D eigenvalue weighted by Gasteiger charge is -2.21. The molecule has 0 aromatic heterocycles. The van der Waals surface area contributed by atoms with Crippen molar-refractivity contribution in [2.24, 2.45) is 4.99 Å². The van der Waals surface area contributed by atoms with E-state index >= 15 is 0 Å². The van der Waals surface area contributed by atoms with E-state index in [1.165, 1.54) is 0 Å². The molecule has 1 saturated carbocycles. The number of guanidine groups is 1. The van der Waals surface area contributed by atoms with Crippen molar-refractivity contribution in [2.45, 2.75) is 38.6 Å². The molecule has 1 aliphatic rings. The third-order valence-electron chi connectivity index (χ3n) is 2.91. The van der Waals surface area contributed by atoms with Gasteiger partial charge in [0.05, 0.1) is 0 Å². The van der Waals surface area contributed by atoms with E-state index in [1.807, 2.05) is 20.0 Å². The molecule has 0 aliphatic heterocycles. The first kappa shape index (κ1) is 15.5. The second-order valence-corrected chi connectivity index (χ2v) is 4.86. The van der Waals surface area contributed by atoms with Crippen LogP contribution >= 0.6 is 0 Å². The highest BCUT2D eigenvalue weighted by Crippen LogP contribution is 2.18. The number of carbonyl (C=O) groups excluding carboxylic acids is 1. The zero-order valence-electron chi connectivity index (χ0n) is 12.1. The van der Waals surface area contributed by atoms with Gasteiger partial charge in [0.2, 0.25) is 5.91 Å². The third kappa shape index (κ3) is 6.84. The lowest BCUT2D eigenvalue weighted by molar-refractivity contribution is -0.119. The number of unbranched alkanes of at least 4 members (excludes halogenated alkanes) is 1. The summed E-state index contributed by atoms with van der Waals surface area (Å²) in [5.74, 6) is 0.801. The van der Waals surface area contributed by atoms with Crippen LogP contribution in [0, 0.1) is 0 Å². The molecular formula is C14H26N4O. The predicted molar refractivity (Wildman–Crippen MR) is 79.2 cm³/mol. The zero-order valence-corrected chi connectivity index (χ0v) is 12.1. The van der Waals surface area contributed by atoms with Crippen LogP contribution in [0.3, 0.4) is 0 Å². The van der Waals surface area contributed by atoms with Crippen LogP contribution in [0.25, 0.3) is 0 Å². The van der Waals surface area contributed by atoms with Crippen LogP contribution in [0.2, 0.25) is 0 Å². The Morgan fingerprint density at radius 2 is 2.26 bits per heavy atom. The lowest BCUT2D eigenvalue weighted by atomic mass is 10.3. The summed E-state index contributed by atoms with van der Waals surface area (Å²) >= 11 is 0. The molecule has 0 bridgehead atoms. The standard InChI is InChI=1S/C14H26N4O/c1-4-6-7-10-18(3)14(15-5-2)16-11-13(19)17-12-8-9-12/h4,12H,1,5-11H2,2-3H3,(H,15,16)(H,17,19). The number of allylic oxidation sites excluding steroid dienone is 1. The van der Waals surface area contributed by atoms with Crippen molar-refractivity contribution in [3.63, 3.8) is 0 Å². The van der Waals surface area contributed by atoms with Crippen molar-refractivity contribution in [1.29, 1.82) is 0 Å². The van der Waals surface area contributed by atoms with Crippen LogP contribution in [0.1, 0.15) is 32.6 Å². The molecule has 0 aromatic carbocycles. The second kappa shape index (κ2) is 8.56. The Morgan fingerprint density at radius 1 is 1.53 bits per heavy atom. The summed E-state index contributed by atoms with van der Waals surface area (Å²) in [6.45, 7) is 7.64. The van der Waals surface area contributed by atoms with Gasteiger partial charge in [-0.2, -0.15) is 0 Å². The highest BCUT2D eigenvalue weighted by atomic mass is 16.2. The maximum atomic E-state index is 11.6. The fraction of sp³-hybridized carbons (Fsp3) is 0.714. The van der Waals surface area contributed by atoms with Crippen LogP contribution in [-0.2, 0) is 4.79 Å². The number of hydrogen-bond donors (Lipinski definition) is 2. The number of rotatable bonds is 8. The second-order valence-electron chi connectivity index (χ2n) is 4.86. The minimum atomic E-state index is 0.0115. The number of aliphatic imine (C=N–C) groups is 1. The molecule has 5 heteroatoms. The van der Waals surface area contributed by atoms with Gasteiger partial charge in [-0.3, -0.25) is 4.79 Å². The minimum Gasteiger partial charge on any atom is -0.357 e. The molecule has 0 unspecified atom stereocenters. The van der Waals surface area contributed by atoms with Gasteiger partial charge in [-0.1, -0.05) is 6.08 Å². The first-order chi connectivity index (χ1) is 9.17. The summed E-state index contributed by atoms with van der Waals surface area (Å²) in [5.41, 5.74) is 0. The number of carbonyl (C=O) groups is 1. The molecule has 108 valence electrons. The van der Waals surface area contributed by atoms with E-state index < -0.39 is 0 Å². The van der Waals surface area contributed by atoms with Crippen LogP contribution in [-0.4, -0.2) is 49.5 Å². The Balaban J connectivity index is 2.38. The molecule has 0 atom stereocenters. The Bertz CT molecular complexity index is 323. The molecule has 19 heavy (non-hydrogen) atoms. The molecule has 1 rings (SSSR count). The van der Waals surface area contributed by atoms with Gasteiger partial charge in [0.1, 0.15) is 6.54 Å². The first-order valence-corrected chi connectivity index (χ1v) is 7.07. The molecule has 0 saturated heterocycles. The van der Waals surface area contributed by atoms with E-state index in [0.29, 0.717) is 6.04 Å². The van der Waals surface area contributed by atoms with Gasteiger partial charge >= 0.3 is 0 Å². The topological polar surface area (TPSA) is 56.7 Å². The molecule has 0 heterocycles. The molecule has 0 spiro atoms. The average molecular weight is 266 g/mol. The number of nitrogens with one attached hydrogen (secondary N) is 2. The Labute approximate surface area is 116 Å². The average Bonchev–Trinajstić information content (AvgIpc) is 3.18. The van der Waals surface area contributed by atoms with Crippen molar-refractivity contribution >= 4 is 11.9 Å². The monoisotopic (exact) mass is 266 g/mol. The largest absolute Gasteiger partial charge is 0.357 e. The summed E-state index contributed by atoms with van der Waals surface area (Å²) < 4.78 is 0. The van der Waals surface area contributed by atoms with E-state index in [-0.39, 0.29) is 12.5 Å². The van der Waals surface area contributed by atoms with Crippen molar-refractivity contribution in [2.75, 3.05) is 26.7 Å². The SMILES string of the molecule is C=CCCCN(C)C(=NCC(=O)NC1CC1)NCC. The fourth-order valence-electron chi connectivity index (χ4n) is 1.70. The Hall–Kier alpha value is -1.52. The summed E-state index contributed by atoms with van der Waals surface area (Å²) in [5, 5.41) is 6.14. The number of nitrogens with zero attached hydrogens (tertiary/aromatic N) is 2. The smallest absolute Gasteiger partial charge is 0.242 e. The van der Waals surface area contributed by atoms with Gasteiger partial charge in [-0.15, -0.1) is 6.58 Å². The summed E-state index contributed by atoms with van der Waals surface area (Å²) in [6, 6.07) is 0.399. The normalized spacial score (nSPS) is 14.9. The molecule has 5 nitrogen and oxygen atoms in total. The quantitative estimate of drug-likeness (QED) is 0.300. The van der Waals surface area contributed by atoms with E-state index in [1.54, 1.807) is 0 Å². The van der Waals surface area contributed by atoms with Gasteiger partial charge in [-0.05, 0) is 32.6 Å². The molecule has 0 aromatic rings. The molecular weight excluding hydrogens is 240 g/mol. The van der Waals surface area contributed by atoms with Gasteiger partial charge < -0.3 is 15.5 Å². The van der Waals surface area contributed by atoms with Crippen molar-refractivity contribution < 1.29 is 4.79 Å². The molecule has 2 N–H and O–H groups in total. The van der Waals surface area contributed by atoms with E-state index in [2.05, 4.69) is 27.1 Å². The van der Waals surface area contributed by atoms with Crippen molar-refractivity contribution in [3.05, 3.63) is 12.7 Å². The Kier molecular flexibility index (Phi) is 7.00. The molecule has 0 radical (unpaired) electrons. The lowest BCUT2D eigenvalue weighted by Crippen LogP contribution is -2.40. The number of amides is 1. The maximum Gasteiger partial charge on any atom is 0.242 e. The van der Waals surface area contributed by atoms with Gasteiger partial charge in [-0.25, -0.2) is 4.99 Å². The molecule has 1 amide bonds. The highest BCUT2D eigenvalue weighted by Gasteiger charge is 2.22. The molecule has 1 fully saturated rings. The van der Waals surface area contributed by atoms with Gasteiger partial charge in [0.25, 0.3) is 0 Å². The third-order valence-corrected chi connectivity index (χ3v) is 2.91. The fourth-order valence-corrected chi connectivity index (χ4v) is 1.70. The van der Waals surface area contributed by atoms with Crippen LogP contribution < -0.4 is 10.6 Å². The minimum absolute atomic E-state index is 0.0115. The van der Waals surface area contributed by atoms with Crippen molar-refractivity contribution in [1.82, 2.24) is 15.5 Å². The summed E-state index contributed by atoms with van der Waals surface area (Å²) in [6.07, 6.45) is 6.17. The van der Waals surface area contributed by atoms with Crippen LogP contribution in [0.5, 0.6) is 0 Å². The van der Waals surface area contributed by atoms with E-state index in [9.17, 15) is 4.79 Å². The highest BCUT2D eigenvalue weighted by molar-refractivity contribution is 5.85. The zero-order chi connectivity index (χ0) is 14.1. The molecule has 1 aliphatic carbocycles.